The number of aliphatic hydroxyl groups is 1. The van der Waals surface area contributed by atoms with Gasteiger partial charge in [-0.15, -0.1) is 5.92 Å². The van der Waals surface area contributed by atoms with Crippen LogP contribution in [-0.2, 0) is 12.8 Å². The largest absolute Gasteiger partial charge is 0.508 e. The molecule has 0 radical (unpaired) electrons. The number of benzene rings is 3. The van der Waals surface area contributed by atoms with Gasteiger partial charge in [0.05, 0.1) is 0 Å². The van der Waals surface area contributed by atoms with Crippen molar-refractivity contribution in [3.63, 3.8) is 0 Å². The van der Waals surface area contributed by atoms with Crippen LogP contribution < -0.4 is 0 Å². The molecule has 0 saturated carbocycles. The SMILES string of the molecule is CC#C[C@@]1(O)CCc2c(ccc3cc(O)ccc23)[C@@H]1Cc1ccccc1. The molecule has 3 aromatic carbocycles. The molecule has 2 nitrogen and oxygen atoms in total. The highest BCUT2D eigenvalue weighted by Gasteiger charge is 2.41. The number of hydrogen-bond donors (Lipinski definition) is 2. The zero-order chi connectivity index (χ0) is 18.1. The van der Waals surface area contributed by atoms with Gasteiger partial charge in [-0.3, -0.25) is 0 Å². The van der Waals surface area contributed by atoms with Gasteiger partial charge in [0.15, 0.2) is 0 Å². The molecule has 130 valence electrons. The first-order valence-corrected chi connectivity index (χ1v) is 9.05. The molecule has 0 saturated heterocycles. The van der Waals surface area contributed by atoms with Crippen LogP contribution in [0.5, 0.6) is 5.75 Å². The minimum atomic E-state index is -1.01. The minimum absolute atomic E-state index is 0.0701. The first kappa shape index (κ1) is 16.7. The van der Waals surface area contributed by atoms with Gasteiger partial charge in [-0.05, 0) is 65.8 Å². The molecule has 0 unspecified atom stereocenters. The maximum atomic E-state index is 11.3. The van der Waals surface area contributed by atoms with E-state index in [9.17, 15) is 10.2 Å². The van der Waals surface area contributed by atoms with Crippen LogP contribution in [-0.4, -0.2) is 15.8 Å². The molecule has 1 aliphatic carbocycles. The molecule has 2 N–H and O–H groups in total. The summed E-state index contributed by atoms with van der Waals surface area (Å²) < 4.78 is 0. The van der Waals surface area contributed by atoms with E-state index in [2.05, 4.69) is 30.0 Å². The fourth-order valence-electron chi connectivity index (χ4n) is 4.25. The van der Waals surface area contributed by atoms with Crippen LogP contribution in [0.2, 0.25) is 0 Å². The van der Waals surface area contributed by atoms with Gasteiger partial charge < -0.3 is 10.2 Å². The molecule has 1 aliphatic rings. The molecule has 0 heterocycles. The van der Waals surface area contributed by atoms with Crippen molar-refractivity contribution in [1.29, 1.82) is 0 Å². The molecule has 0 bridgehead atoms. The molecule has 26 heavy (non-hydrogen) atoms. The van der Waals surface area contributed by atoms with Crippen LogP contribution in [0, 0.1) is 11.8 Å². The van der Waals surface area contributed by atoms with E-state index < -0.39 is 5.60 Å². The van der Waals surface area contributed by atoms with Crippen LogP contribution in [0.4, 0.5) is 0 Å². The van der Waals surface area contributed by atoms with E-state index in [1.54, 1.807) is 19.1 Å². The highest BCUT2D eigenvalue weighted by molar-refractivity contribution is 5.88. The summed E-state index contributed by atoms with van der Waals surface area (Å²) in [7, 11) is 0. The quantitative estimate of drug-likeness (QED) is 0.670. The number of phenols is 1. The predicted molar refractivity (Wildman–Crippen MR) is 105 cm³/mol. The van der Waals surface area contributed by atoms with E-state index in [0.29, 0.717) is 6.42 Å². The molecular formula is C24H22O2. The van der Waals surface area contributed by atoms with Crippen molar-refractivity contribution < 1.29 is 10.2 Å². The molecule has 3 aromatic rings. The predicted octanol–water partition coefficient (Wildman–Crippen LogP) is 4.57. The lowest BCUT2D eigenvalue weighted by Gasteiger charge is -2.38. The zero-order valence-electron chi connectivity index (χ0n) is 14.9. The Hall–Kier alpha value is -2.76. The molecule has 0 aliphatic heterocycles. The average molecular weight is 342 g/mol. The van der Waals surface area contributed by atoms with E-state index in [1.165, 1.54) is 16.7 Å². The summed E-state index contributed by atoms with van der Waals surface area (Å²) in [6.07, 6.45) is 2.16. The summed E-state index contributed by atoms with van der Waals surface area (Å²) in [6, 6.07) is 20.0. The van der Waals surface area contributed by atoms with E-state index in [1.807, 2.05) is 30.3 Å². The second kappa shape index (κ2) is 6.52. The normalized spacial score (nSPS) is 21.7. The van der Waals surface area contributed by atoms with Crippen LogP contribution in [0.3, 0.4) is 0 Å². The number of phenolic OH excluding ortho intramolecular Hbond substituents is 1. The zero-order valence-corrected chi connectivity index (χ0v) is 14.9. The van der Waals surface area contributed by atoms with Crippen LogP contribution in [0.1, 0.15) is 36.0 Å². The average Bonchev–Trinajstić information content (AvgIpc) is 2.64. The van der Waals surface area contributed by atoms with Gasteiger partial charge in [0.2, 0.25) is 0 Å². The van der Waals surface area contributed by atoms with Gasteiger partial charge in [0.1, 0.15) is 11.4 Å². The number of fused-ring (bicyclic) bond motifs is 3. The van der Waals surface area contributed by atoms with Crippen molar-refractivity contribution in [2.75, 3.05) is 0 Å². The standard InChI is InChI=1S/C24H22O2/c1-2-13-24(26)14-12-21-20-11-9-19(25)16-18(20)8-10-22(21)23(24)15-17-6-4-3-5-7-17/h3-11,16,23,25-26H,12,14-15H2,1H3/t23-,24+/m0/s1. The Balaban J connectivity index is 1.87. The number of aromatic hydroxyl groups is 1. The minimum Gasteiger partial charge on any atom is -0.508 e. The molecule has 0 fully saturated rings. The molecule has 0 amide bonds. The third kappa shape index (κ3) is 2.85. The molecule has 4 rings (SSSR count). The van der Waals surface area contributed by atoms with E-state index in [4.69, 9.17) is 0 Å². The maximum Gasteiger partial charge on any atom is 0.132 e. The Morgan fingerprint density at radius 3 is 2.65 bits per heavy atom. The highest BCUT2D eigenvalue weighted by atomic mass is 16.3. The Morgan fingerprint density at radius 1 is 1.08 bits per heavy atom. The second-order valence-corrected chi connectivity index (χ2v) is 7.08. The van der Waals surface area contributed by atoms with Crippen molar-refractivity contribution in [3.8, 4) is 17.6 Å². The number of aryl methyl sites for hydroxylation is 1. The Kier molecular flexibility index (Phi) is 4.18. The fraction of sp³-hybridized carbons (Fsp3) is 0.250. The van der Waals surface area contributed by atoms with Crippen LogP contribution >= 0.6 is 0 Å². The van der Waals surface area contributed by atoms with Gasteiger partial charge in [-0.1, -0.05) is 54.5 Å². The first-order valence-electron chi connectivity index (χ1n) is 9.05. The maximum absolute atomic E-state index is 11.3. The highest BCUT2D eigenvalue weighted by Crippen LogP contribution is 2.43. The van der Waals surface area contributed by atoms with Crippen molar-refractivity contribution in [2.45, 2.75) is 37.7 Å². The molecule has 0 aromatic heterocycles. The van der Waals surface area contributed by atoms with Crippen molar-refractivity contribution in [3.05, 3.63) is 77.4 Å². The van der Waals surface area contributed by atoms with Crippen LogP contribution in [0.15, 0.2) is 60.7 Å². The lowest BCUT2D eigenvalue weighted by Crippen LogP contribution is -2.40. The summed E-state index contributed by atoms with van der Waals surface area (Å²) >= 11 is 0. The Labute approximate surface area is 154 Å². The Morgan fingerprint density at radius 2 is 1.88 bits per heavy atom. The van der Waals surface area contributed by atoms with E-state index in [-0.39, 0.29) is 11.7 Å². The Bertz CT molecular complexity index is 1010. The van der Waals surface area contributed by atoms with Crippen LogP contribution in [0.25, 0.3) is 10.8 Å². The smallest absolute Gasteiger partial charge is 0.132 e. The third-order valence-electron chi connectivity index (χ3n) is 5.48. The fourth-order valence-corrected chi connectivity index (χ4v) is 4.25. The summed E-state index contributed by atoms with van der Waals surface area (Å²) in [5.41, 5.74) is 2.63. The summed E-state index contributed by atoms with van der Waals surface area (Å²) in [5, 5.41) is 23.3. The molecular weight excluding hydrogens is 320 g/mol. The van der Waals surface area contributed by atoms with Gasteiger partial charge in [-0.2, -0.15) is 0 Å². The van der Waals surface area contributed by atoms with Crippen molar-refractivity contribution in [1.82, 2.24) is 0 Å². The second-order valence-electron chi connectivity index (χ2n) is 7.08. The van der Waals surface area contributed by atoms with Crippen molar-refractivity contribution >= 4 is 10.8 Å². The van der Waals surface area contributed by atoms with E-state index in [0.717, 1.165) is 23.6 Å². The summed E-state index contributed by atoms with van der Waals surface area (Å²) in [4.78, 5) is 0. The topological polar surface area (TPSA) is 40.5 Å². The van der Waals surface area contributed by atoms with Gasteiger partial charge in [-0.25, -0.2) is 0 Å². The molecule has 0 spiro atoms. The molecule has 2 atom stereocenters. The van der Waals surface area contributed by atoms with Crippen molar-refractivity contribution in [2.24, 2.45) is 0 Å². The first-order chi connectivity index (χ1) is 12.6. The summed E-state index contributed by atoms with van der Waals surface area (Å²) in [6.45, 7) is 1.79. The number of rotatable bonds is 2. The van der Waals surface area contributed by atoms with Gasteiger partial charge >= 0.3 is 0 Å². The number of hydrogen-bond acceptors (Lipinski definition) is 2. The van der Waals surface area contributed by atoms with Gasteiger partial charge in [0.25, 0.3) is 0 Å². The monoisotopic (exact) mass is 342 g/mol. The molecule has 2 heteroatoms. The lowest BCUT2D eigenvalue weighted by atomic mass is 9.69. The van der Waals surface area contributed by atoms with E-state index >= 15 is 0 Å². The third-order valence-corrected chi connectivity index (χ3v) is 5.48. The summed E-state index contributed by atoms with van der Waals surface area (Å²) in [5.74, 6) is 6.24. The van der Waals surface area contributed by atoms with Gasteiger partial charge in [0, 0.05) is 5.92 Å². The lowest BCUT2D eigenvalue weighted by molar-refractivity contribution is 0.0549.